The molecule has 0 aliphatic carbocycles. The number of carbonyl (C=O) groups is 3. The molecule has 0 saturated heterocycles. The number of rotatable bonds is 4. The van der Waals surface area contributed by atoms with Crippen LogP contribution in [0, 0.1) is 6.92 Å². The Hall–Kier alpha value is -3.95. The molecule has 0 fully saturated rings. The fourth-order valence-corrected chi connectivity index (χ4v) is 5.54. The maximum Gasteiger partial charge on any atom is 0.340 e. The van der Waals surface area contributed by atoms with Crippen LogP contribution in [0.15, 0.2) is 75.7 Å². The third-order valence-electron chi connectivity index (χ3n) is 6.50. The molecule has 3 aromatic carbocycles. The van der Waals surface area contributed by atoms with Crippen molar-refractivity contribution in [3.8, 4) is 11.1 Å². The van der Waals surface area contributed by atoms with Crippen molar-refractivity contribution < 1.29 is 19.1 Å². The van der Waals surface area contributed by atoms with E-state index in [2.05, 4.69) is 47.5 Å². The number of aromatic amines is 1. The maximum absolute atomic E-state index is 12.7. The molecule has 3 heterocycles. The molecule has 2 amide bonds. The number of anilines is 2. The molecule has 0 unspecified atom stereocenters. The van der Waals surface area contributed by atoms with Crippen molar-refractivity contribution >= 4 is 72.7 Å². The molecular formula is C31H25Br2N3O4. The average Bonchev–Trinajstić information content (AvgIpc) is 3.56. The molecule has 6 rings (SSSR count). The number of benzene rings is 3. The number of esters is 1. The normalized spacial score (nSPS) is 14.2. The molecular weight excluding hydrogens is 638 g/mol. The molecule has 4 aromatic rings. The smallest absolute Gasteiger partial charge is 0.340 e. The fraction of sp³-hybridized carbons (Fsp3) is 0.129. The van der Waals surface area contributed by atoms with Crippen molar-refractivity contribution in [1.29, 1.82) is 0 Å². The molecule has 7 nitrogen and oxygen atoms in total. The van der Waals surface area contributed by atoms with E-state index in [0.29, 0.717) is 28.9 Å². The van der Waals surface area contributed by atoms with Gasteiger partial charge in [0.25, 0.3) is 5.91 Å². The van der Waals surface area contributed by atoms with Crippen LogP contribution in [-0.4, -0.2) is 29.4 Å². The summed E-state index contributed by atoms with van der Waals surface area (Å²) in [6.45, 7) is 3.90. The quantitative estimate of drug-likeness (QED) is 0.157. The lowest BCUT2D eigenvalue weighted by molar-refractivity contribution is -0.115. The summed E-state index contributed by atoms with van der Waals surface area (Å²) in [7, 11) is 0. The minimum absolute atomic E-state index is 0.0816. The molecule has 40 heavy (non-hydrogen) atoms. The molecule has 202 valence electrons. The third-order valence-corrected chi connectivity index (χ3v) is 7.49. The van der Waals surface area contributed by atoms with Crippen molar-refractivity contribution in [2.24, 2.45) is 0 Å². The maximum atomic E-state index is 12.7. The van der Waals surface area contributed by atoms with Gasteiger partial charge in [-0.05, 0) is 67.4 Å². The van der Waals surface area contributed by atoms with Crippen molar-refractivity contribution in [2.45, 2.75) is 20.3 Å². The van der Waals surface area contributed by atoms with Crippen LogP contribution in [0.5, 0.6) is 0 Å². The number of aryl methyl sites for hydroxylation is 1. The van der Waals surface area contributed by atoms with Gasteiger partial charge in [0.15, 0.2) is 0 Å². The number of hydrogen-bond acceptors (Lipinski definition) is 4. The molecule has 0 bridgehead atoms. The topological polar surface area (TPSA) is 100 Å². The van der Waals surface area contributed by atoms with Crippen molar-refractivity contribution in [3.05, 3.63) is 104 Å². The molecule has 0 radical (unpaired) electrons. The van der Waals surface area contributed by atoms with E-state index in [4.69, 9.17) is 4.74 Å². The molecule has 3 N–H and O–H groups in total. The van der Waals surface area contributed by atoms with Gasteiger partial charge in [0, 0.05) is 42.8 Å². The van der Waals surface area contributed by atoms with E-state index >= 15 is 0 Å². The number of ether oxygens (including phenoxy) is 1. The van der Waals surface area contributed by atoms with Crippen LogP contribution in [0.4, 0.5) is 11.4 Å². The van der Waals surface area contributed by atoms with Crippen molar-refractivity contribution in [1.82, 2.24) is 4.98 Å². The van der Waals surface area contributed by atoms with Gasteiger partial charge >= 0.3 is 5.97 Å². The summed E-state index contributed by atoms with van der Waals surface area (Å²) in [5, 5.41) is 5.65. The van der Waals surface area contributed by atoms with E-state index in [9.17, 15) is 14.4 Å². The number of hydrogen-bond donors (Lipinski definition) is 3. The Morgan fingerprint density at radius 2 is 1.65 bits per heavy atom. The molecule has 0 saturated carbocycles. The summed E-state index contributed by atoms with van der Waals surface area (Å²) in [5.41, 5.74) is 7.60. The van der Waals surface area contributed by atoms with E-state index < -0.39 is 0 Å². The highest BCUT2D eigenvalue weighted by atomic mass is 79.9. The van der Waals surface area contributed by atoms with E-state index in [1.807, 2.05) is 73.7 Å². The van der Waals surface area contributed by atoms with Gasteiger partial charge in [0.2, 0.25) is 5.91 Å². The lowest BCUT2D eigenvalue weighted by atomic mass is 9.98. The Kier molecular flexibility index (Phi) is 8.04. The molecule has 0 atom stereocenters. The zero-order valence-corrected chi connectivity index (χ0v) is 24.9. The fourth-order valence-electron chi connectivity index (χ4n) is 4.77. The molecule has 2 aliphatic rings. The second kappa shape index (κ2) is 11.7. The van der Waals surface area contributed by atoms with Crippen molar-refractivity contribution in [3.63, 3.8) is 0 Å². The number of nitrogens with one attached hydrogen (secondary N) is 3. The lowest BCUT2D eigenvalue weighted by Gasteiger charge is -2.07. The van der Waals surface area contributed by atoms with Gasteiger partial charge in [0.05, 0.1) is 24.2 Å². The Balaban J connectivity index is 0.000000244. The Morgan fingerprint density at radius 3 is 2.38 bits per heavy atom. The van der Waals surface area contributed by atoms with Crippen LogP contribution >= 0.6 is 31.9 Å². The number of fused-ring (bicyclic) bond motifs is 2. The first-order valence-corrected chi connectivity index (χ1v) is 14.2. The van der Waals surface area contributed by atoms with Gasteiger partial charge in [-0.3, -0.25) is 9.59 Å². The summed E-state index contributed by atoms with van der Waals surface area (Å²) in [6, 6.07) is 21.1. The molecule has 0 spiro atoms. The number of H-pyrrole nitrogens is 1. The largest absolute Gasteiger partial charge is 0.462 e. The van der Waals surface area contributed by atoms with Gasteiger partial charge in [-0.2, -0.15) is 0 Å². The number of amides is 2. The van der Waals surface area contributed by atoms with Crippen molar-refractivity contribution in [2.75, 3.05) is 17.2 Å². The highest BCUT2D eigenvalue weighted by molar-refractivity contribution is 9.10. The monoisotopic (exact) mass is 661 g/mol. The number of carbonyl (C=O) groups excluding carboxylic acids is 3. The standard InChI is InChI=1S/C23H19BrN2O3.C8H6BrNO/c1-3-29-23(28)20-13(2)25-19(21(20)14-7-5-4-6-8-14)12-17-16-11-15(24)9-10-18(16)26-22(17)27;9-6-1-2-7-5(3-6)4-8(11)10-7/h4-12,25H,3H2,1-2H3,(H,26,27);1-3H,4H2,(H,10,11). The predicted molar refractivity (Wildman–Crippen MR) is 164 cm³/mol. The zero-order chi connectivity index (χ0) is 28.4. The van der Waals surface area contributed by atoms with E-state index in [0.717, 1.165) is 42.6 Å². The molecule has 9 heteroatoms. The highest BCUT2D eigenvalue weighted by Crippen LogP contribution is 2.38. The van der Waals surface area contributed by atoms with Gasteiger partial charge in [-0.1, -0.05) is 62.2 Å². The highest BCUT2D eigenvalue weighted by Gasteiger charge is 2.27. The van der Waals surface area contributed by atoms with Gasteiger partial charge in [0.1, 0.15) is 0 Å². The predicted octanol–water partition coefficient (Wildman–Crippen LogP) is 7.37. The second-order valence-electron chi connectivity index (χ2n) is 9.23. The van der Waals surface area contributed by atoms with E-state index in [1.54, 1.807) is 13.0 Å². The third kappa shape index (κ3) is 5.66. The van der Waals surface area contributed by atoms with E-state index in [-0.39, 0.29) is 24.4 Å². The van der Waals surface area contributed by atoms with Gasteiger partial charge < -0.3 is 20.4 Å². The summed E-state index contributed by atoms with van der Waals surface area (Å²) in [6.07, 6.45) is 2.31. The number of halogens is 2. The first-order chi connectivity index (χ1) is 19.2. The average molecular weight is 663 g/mol. The summed E-state index contributed by atoms with van der Waals surface area (Å²) in [4.78, 5) is 39.5. The van der Waals surface area contributed by atoms with Crippen LogP contribution in [0.1, 0.15) is 39.8 Å². The van der Waals surface area contributed by atoms with Gasteiger partial charge in [-0.25, -0.2) is 4.79 Å². The minimum Gasteiger partial charge on any atom is -0.462 e. The van der Waals surface area contributed by atoms with Crippen LogP contribution < -0.4 is 10.6 Å². The lowest BCUT2D eigenvalue weighted by Crippen LogP contribution is -2.06. The minimum atomic E-state index is -0.385. The van der Waals surface area contributed by atoms with E-state index in [1.165, 1.54) is 0 Å². The first kappa shape index (κ1) is 27.6. The SMILES string of the molecule is CCOC(=O)c1c(C)[nH]c(C=C2C(=O)Nc3ccc(Br)cc32)c1-c1ccccc1.O=C1Cc2cc(Br)ccc2N1. The summed E-state index contributed by atoms with van der Waals surface area (Å²) in [5.74, 6) is -0.482. The van der Waals surface area contributed by atoms with Crippen LogP contribution in [0.2, 0.25) is 0 Å². The second-order valence-corrected chi connectivity index (χ2v) is 11.1. The molecule has 1 aromatic heterocycles. The van der Waals surface area contributed by atoms with Gasteiger partial charge in [-0.15, -0.1) is 0 Å². The Labute approximate surface area is 248 Å². The Bertz CT molecular complexity index is 1680. The first-order valence-electron chi connectivity index (χ1n) is 12.6. The summed E-state index contributed by atoms with van der Waals surface area (Å²) >= 11 is 6.81. The zero-order valence-electron chi connectivity index (χ0n) is 21.7. The van der Waals surface area contributed by atoms with Crippen LogP contribution in [0.3, 0.4) is 0 Å². The summed E-state index contributed by atoms with van der Waals surface area (Å²) < 4.78 is 7.19. The number of aromatic nitrogens is 1. The van der Waals surface area contributed by atoms with Crippen LogP contribution in [0.25, 0.3) is 22.8 Å². The van der Waals surface area contributed by atoms with Crippen LogP contribution in [-0.2, 0) is 20.7 Å². The Morgan fingerprint density at radius 1 is 0.950 bits per heavy atom. The molecule has 2 aliphatic heterocycles.